The quantitative estimate of drug-likeness (QED) is 0.742. The van der Waals surface area contributed by atoms with Gasteiger partial charge in [-0.25, -0.2) is 4.98 Å². The van der Waals surface area contributed by atoms with E-state index in [-0.39, 0.29) is 0 Å². The molecule has 1 aromatic heterocycles. The normalized spacial score (nSPS) is 16.2. The van der Waals surface area contributed by atoms with Gasteiger partial charge in [0.25, 0.3) is 0 Å². The average molecular weight is 282 g/mol. The summed E-state index contributed by atoms with van der Waals surface area (Å²) in [7, 11) is 0. The summed E-state index contributed by atoms with van der Waals surface area (Å²) in [5.41, 5.74) is 0.847. The molecular weight excluding hydrogens is 269 g/mol. The van der Waals surface area contributed by atoms with Gasteiger partial charge in [-0.05, 0) is 49.1 Å². The molecule has 0 atom stereocenters. The predicted octanol–water partition coefficient (Wildman–Crippen LogP) is 3.93. The van der Waals surface area contributed by atoms with Crippen LogP contribution in [0.15, 0.2) is 18.2 Å². The largest absolute Gasteiger partial charge is 0.356 e. The van der Waals surface area contributed by atoms with Gasteiger partial charge in [-0.2, -0.15) is 4.98 Å². The van der Waals surface area contributed by atoms with Crippen LogP contribution in [0.3, 0.4) is 0 Å². The molecule has 0 bridgehead atoms. The number of aromatic nitrogens is 2. The first-order chi connectivity index (χ1) is 8.74. The highest BCUT2D eigenvalue weighted by molar-refractivity contribution is 6.31. The van der Waals surface area contributed by atoms with Crippen LogP contribution >= 0.6 is 23.2 Å². The summed E-state index contributed by atoms with van der Waals surface area (Å²) in [4.78, 5) is 10.9. The number of piperidine rings is 1. The van der Waals surface area contributed by atoms with Crippen molar-refractivity contribution in [3.05, 3.63) is 28.5 Å². The third kappa shape index (κ3) is 2.25. The Hall–Kier alpha value is -1.06. The maximum absolute atomic E-state index is 6.06. The molecule has 1 saturated heterocycles. The SMILES string of the molecule is Clc1ccc2nc(Cl)nc(N3CCCCC3)c2c1. The zero-order chi connectivity index (χ0) is 12.5. The molecule has 0 unspecified atom stereocenters. The standard InChI is InChI=1S/C13H13Cl2N3/c14-9-4-5-11-10(8-9)12(17-13(15)16-11)18-6-2-1-3-7-18/h4-5,8H,1-3,6-7H2. The zero-order valence-corrected chi connectivity index (χ0v) is 11.4. The molecule has 18 heavy (non-hydrogen) atoms. The van der Waals surface area contributed by atoms with Crippen LogP contribution in [0.2, 0.25) is 10.3 Å². The van der Waals surface area contributed by atoms with Crippen LogP contribution < -0.4 is 4.90 Å². The van der Waals surface area contributed by atoms with Crippen LogP contribution in [0.4, 0.5) is 5.82 Å². The second-order valence-corrected chi connectivity index (χ2v) is 5.30. The maximum atomic E-state index is 6.06. The van der Waals surface area contributed by atoms with Crippen molar-refractivity contribution in [2.75, 3.05) is 18.0 Å². The van der Waals surface area contributed by atoms with Crippen molar-refractivity contribution in [1.82, 2.24) is 9.97 Å². The minimum atomic E-state index is 0.297. The molecule has 5 heteroatoms. The van der Waals surface area contributed by atoms with Gasteiger partial charge in [-0.3, -0.25) is 0 Å². The lowest BCUT2D eigenvalue weighted by atomic mass is 10.1. The van der Waals surface area contributed by atoms with E-state index in [1.807, 2.05) is 18.2 Å². The van der Waals surface area contributed by atoms with Crippen LogP contribution in [0.5, 0.6) is 0 Å². The van der Waals surface area contributed by atoms with Gasteiger partial charge >= 0.3 is 0 Å². The highest BCUT2D eigenvalue weighted by Gasteiger charge is 2.16. The Balaban J connectivity index is 2.16. The first kappa shape index (κ1) is 12.0. The molecule has 2 heterocycles. The summed E-state index contributed by atoms with van der Waals surface area (Å²) in [5, 5.41) is 1.98. The Morgan fingerprint density at radius 3 is 2.56 bits per heavy atom. The average Bonchev–Trinajstić information content (AvgIpc) is 2.39. The molecular formula is C13H13Cl2N3. The summed E-state index contributed by atoms with van der Waals surface area (Å²) in [5.74, 6) is 0.909. The van der Waals surface area contributed by atoms with Gasteiger partial charge in [-0.1, -0.05) is 11.6 Å². The molecule has 0 N–H and O–H groups in total. The fourth-order valence-electron chi connectivity index (χ4n) is 2.40. The van der Waals surface area contributed by atoms with E-state index in [1.165, 1.54) is 19.3 Å². The predicted molar refractivity (Wildman–Crippen MR) is 75.6 cm³/mol. The molecule has 1 aliphatic rings. The summed E-state index contributed by atoms with van der Waals surface area (Å²) >= 11 is 12.1. The lowest BCUT2D eigenvalue weighted by molar-refractivity contribution is 0.574. The van der Waals surface area contributed by atoms with Crippen molar-refractivity contribution in [3.63, 3.8) is 0 Å². The number of nitrogens with zero attached hydrogens (tertiary/aromatic N) is 3. The Bertz CT molecular complexity index is 580. The van der Waals surface area contributed by atoms with E-state index in [4.69, 9.17) is 23.2 Å². The molecule has 1 aromatic carbocycles. The Morgan fingerprint density at radius 1 is 1.00 bits per heavy atom. The van der Waals surface area contributed by atoms with Crippen LogP contribution in [-0.2, 0) is 0 Å². The molecule has 3 rings (SSSR count). The second kappa shape index (κ2) is 4.90. The van der Waals surface area contributed by atoms with Crippen molar-refractivity contribution in [2.24, 2.45) is 0 Å². The second-order valence-electron chi connectivity index (χ2n) is 4.53. The van der Waals surface area contributed by atoms with Crippen LogP contribution in [0.1, 0.15) is 19.3 Å². The van der Waals surface area contributed by atoms with Gasteiger partial charge in [0.1, 0.15) is 5.82 Å². The Morgan fingerprint density at radius 2 is 1.78 bits per heavy atom. The van der Waals surface area contributed by atoms with E-state index >= 15 is 0 Å². The number of halogens is 2. The van der Waals surface area contributed by atoms with E-state index in [9.17, 15) is 0 Å². The van der Waals surface area contributed by atoms with Gasteiger partial charge in [0.2, 0.25) is 5.28 Å². The maximum Gasteiger partial charge on any atom is 0.224 e. The number of anilines is 1. The first-order valence-electron chi connectivity index (χ1n) is 6.12. The van der Waals surface area contributed by atoms with E-state index < -0.39 is 0 Å². The van der Waals surface area contributed by atoms with Gasteiger partial charge < -0.3 is 4.90 Å². The van der Waals surface area contributed by atoms with E-state index in [2.05, 4.69) is 14.9 Å². The topological polar surface area (TPSA) is 29.0 Å². The van der Waals surface area contributed by atoms with Crippen molar-refractivity contribution in [3.8, 4) is 0 Å². The molecule has 0 radical (unpaired) electrons. The van der Waals surface area contributed by atoms with Gasteiger partial charge in [0.15, 0.2) is 0 Å². The van der Waals surface area contributed by atoms with Crippen molar-refractivity contribution in [2.45, 2.75) is 19.3 Å². The first-order valence-corrected chi connectivity index (χ1v) is 6.87. The van der Waals surface area contributed by atoms with Crippen molar-refractivity contribution >= 4 is 39.9 Å². The third-order valence-electron chi connectivity index (χ3n) is 3.27. The lowest BCUT2D eigenvalue weighted by Crippen LogP contribution is -2.30. The fraction of sp³-hybridized carbons (Fsp3) is 0.385. The molecule has 0 saturated carbocycles. The lowest BCUT2D eigenvalue weighted by Gasteiger charge is -2.28. The van der Waals surface area contributed by atoms with Crippen LogP contribution in [0.25, 0.3) is 10.9 Å². The number of benzene rings is 1. The fourth-order valence-corrected chi connectivity index (χ4v) is 2.75. The minimum absolute atomic E-state index is 0.297. The molecule has 0 amide bonds. The molecule has 3 nitrogen and oxygen atoms in total. The highest BCUT2D eigenvalue weighted by Crippen LogP contribution is 2.29. The monoisotopic (exact) mass is 281 g/mol. The smallest absolute Gasteiger partial charge is 0.224 e. The summed E-state index contributed by atoms with van der Waals surface area (Å²) in [6.07, 6.45) is 3.68. The number of rotatable bonds is 1. The van der Waals surface area contributed by atoms with E-state index in [0.717, 1.165) is 29.8 Å². The number of fused-ring (bicyclic) bond motifs is 1. The summed E-state index contributed by atoms with van der Waals surface area (Å²) in [6.45, 7) is 2.05. The van der Waals surface area contributed by atoms with Crippen molar-refractivity contribution in [1.29, 1.82) is 0 Å². The van der Waals surface area contributed by atoms with Crippen LogP contribution in [0, 0.1) is 0 Å². The zero-order valence-electron chi connectivity index (χ0n) is 9.87. The molecule has 0 spiro atoms. The summed E-state index contributed by atoms with van der Waals surface area (Å²) < 4.78 is 0. The van der Waals surface area contributed by atoms with Gasteiger partial charge in [0, 0.05) is 23.5 Å². The molecule has 0 aliphatic carbocycles. The highest BCUT2D eigenvalue weighted by atomic mass is 35.5. The van der Waals surface area contributed by atoms with Crippen molar-refractivity contribution < 1.29 is 0 Å². The number of hydrogen-bond acceptors (Lipinski definition) is 3. The number of hydrogen-bond donors (Lipinski definition) is 0. The Kier molecular flexibility index (Phi) is 3.27. The molecule has 2 aromatic rings. The van der Waals surface area contributed by atoms with Gasteiger partial charge in [-0.15, -0.1) is 0 Å². The van der Waals surface area contributed by atoms with Crippen LogP contribution in [-0.4, -0.2) is 23.1 Å². The Labute approximate surface area is 116 Å². The van der Waals surface area contributed by atoms with E-state index in [1.54, 1.807) is 0 Å². The summed E-state index contributed by atoms with van der Waals surface area (Å²) in [6, 6.07) is 5.63. The minimum Gasteiger partial charge on any atom is -0.356 e. The molecule has 1 fully saturated rings. The molecule has 94 valence electrons. The van der Waals surface area contributed by atoms with Gasteiger partial charge in [0.05, 0.1) is 5.52 Å². The third-order valence-corrected chi connectivity index (χ3v) is 3.67. The molecule has 1 aliphatic heterocycles. The van der Waals surface area contributed by atoms with E-state index in [0.29, 0.717) is 10.3 Å².